The van der Waals surface area contributed by atoms with Crippen molar-refractivity contribution < 1.29 is 4.79 Å². The number of anilines is 1. The summed E-state index contributed by atoms with van der Waals surface area (Å²) in [4.78, 5) is 21.8. The van der Waals surface area contributed by atoms with Crippen molar-refractivity contribution in [2.24, 2.45) is 4.99 Å². The molecule has 0 radical (unpaired) electrons. The molecule has 0 bridgehead atoms. The van der Waals surface area contributed by atoms with E-state index < -0.39 is 6.04 Å². The van der Waals surface area contributed by atoms with Gasteiger partial charge in [0.2, 0.25) is 5.78 Å². The molecule has 3 aromatic rings. The Bertz CT molecular complexity index is 943. The minimum Gasteiger partial charge on any atom is -0.323 e. The highest BCUT2D eigenvalue weighted by molar-refractivity contribution is 9.10. The number of nitrogens with zero attached hydrogens (tertiary/aromatic N) is 3. The van der Waals surface area contributed by atoms with Crippen LogP contribution in [0, 0.1) is 0 Å². The average Bonchev–Trinajstić information content (AvgIpc) is 2.86. The van der Waals surface area contributed by atoms with Gasteiger partial charge < -0.3 is 5.32 Å². The monoisotopic (exact) mass is 368 g/mol. The van der Waals surface area contributed by atoms with Crippen molar-refractivity contribution in [1.82, 2.24) is 9.38 Å². The van der Waals surface area contributed by atoms with Crippen molar-refractivity contribution in [3.63, 3.8) is 0 Å². The predicted molar refractivity (Wildman–Crippen MR) is 93.3 cm³/mol. The molecule has 3 heterocycles. The number of halogens is 1. The Labute approximate surface area is 141 Å². The van der Waals surface area contributed by atoms with Crippen LogP contribution in [0.1, 0.15) is 23.0 Å². The number of aliphatic imine (C=N–C) groups is 1. The fourth-order valence-electron chi connectivity index (χ4n) is 2.67. The van der Waals surface area contributed by atoms with E-state index in [9.17, 15) is 4.79 Å². The number of imidazole rings is 1. The molecule has 1 atom stereocenters. The molecule has 1 N–H and O–H groups in total. The molecule has 0 amide bonds. The average molecular weight is 369 g/mol. The summed E-state index contributed by atoms with van der Waals surface area (Å²) in [7, 11) is 0. The third kappa shape index (κ3) is 2.35. The van der Waals surface area contributed by atoms with Crippen LogP contribution in [0.5, 0.6) is 0 Å². The van der Waals surface area contributed by atoms with Crippen molar-refractivity contribution in [2.75, 3.05) is 5.32 Å². The molecule has 2 aromatic heterocycles. The topological polar surface area (TPSA) is 58.8 Å². The summed E-state index contributed by atoms with van der Waals surface area (Å²) in [5.41, 5.74) is 2.20. The first-order valence-corrected chi connectivity index (χ1v) is 8.05. The van der Waals surface area contributed by atoms with Gasteiger partial charge in [0.1, 0.15) is 23.2 Å². The molecule has 0 saturated carbocycles. The molecule has 114 valence electrons. The molecule has 6 heteroatoms. The van der Waals surface area contributed by atoms with Gasteiger partial charge in [-0.15, -0.1) is 0 Å². The lowest BCUT2D eigenvalue weighted by atomic mass is 10.1. The molecular weight excluding hydrogens is 356 g/mol. The molecule has 0 aliphatic carbocycles. The molecule has 1 aliphatic rings. The van der Waals surface area contributed by atoms with Gasteiger partial charge in [0, 0.05) is 16.2 Å². The van der Waals surface area contributed by atoms with Crippen molar-refractivity contribution in [2.45, 2.75) is 13.0 Å². The smallest absolute Gasteiger partial charge is 0.207 e. The van der Waals surface area contributed by atoms with Crippen LogP contribution in [0.25, 0.3) is 5.65 Å². The Kier molecular flexibility index (Phi) is 3.27. The zero-order valence-corrected chi connectivity index (χ0v) is 13.9. The van der Waals surface area contributed by atoms with Crippen molar-refractivity contribution in [3.05, 3.63) is 64.4 Å². The van der Waals surface area contributed by atoms with Crippen LogP contribution in [0.15, 0.2) is 58.1 Å². The third-order valence-electron chi connectivity index (χ3n) is 3.82. The van der Waals surface area contributed by atoms with Gasteiger partial charge in [-0.25, -0.2) is 4.98 Å². The first-order valence-electron chi connectivity index (χ1n) is 7.25. The van der Waals surface area contributed by atoms with E-state index in [0.717, 1.165) is 15.7 Å². The Balaban J connectivity index is 1.88. The summed E-state index contributed by atoms with van der Waals surface area (Å²) in [5.74, 6) is 1.16. The fourth-order valence-corrected chi connectivity index (χ4v) is 2.93. The van der Waals surface area contributed by atoms with Crippen molar-refractivity contribution in [1.29, 1.82) is 0 Å². The quantitative estimate of drug-likeness (QED) is 0.714. The molecule has 1 aromatic carbocycles. The zero-order chi connectivity index (χ0) is 16.0. The highest BCUT2D eigenvalue weighted by atomic mass is 79.9. The maximum atomic E-state index is 12.7. The van der Waals surface area contributed by atoms with Crippen LogP contribution in [-0.2, 0) is 0 Å². The van der Waals surface area contributed by atoms with Gasteiger partial charge in [-0.2, -0.15) is 0 Å². The number of benzene rings is 1. The summed E-state index contributed by atoms with van der Waals surface area (Å²) in [6.45, 7) is 1.81. The summed E-state index contributed by atoms with van der Waals surface area (Å²) >= 11 is 3.43. The second-order valence-electron chi connectivity index (χ2n) is 5.39. The van der Waals surface area contributed by atoms with E-state index in [0.29, 0.717) is 17.3 Å². The third-order valence-corrected chi connectivity index (χ3v) is 4.35. The maximum Gasteiger partial charge on any atom is 0.207 e. The van der Waals surface area contributed by atoms with Crippen molar-refractivity contribution >= 4 is 39.0 Å². The van der Waals surface area contributed by atoms with E-state index in [1.807, 2.05) is 48.7 Å². The molecule has 23 heavy (non-hydrogen) atoms. The number of aromatic nitrogens is 2. The number of carbonyl (C=O) groups is 1. The molecule has 0 unspecified atom stereocenters. The maximum absolute atomic E-state index is 12.7. The van der Waals surface area contributed by atoms with E-state index >= 15 is 0 Å². The van der Waals surface area contributed by atoms with E-state index in [1.165, 1.54) is 0 Å². The normalized spacial score (nSPS) is 17.4. The molecule has 1 aliphatic heterocycles. The van der Waals surface area contributed by atoms with Gasteiger partial charge in [-0.05, 0) is 31.2 Å². The fraction of sp³-hybridized carbons (Fsp3) is 0.118. The standard InChI is InChI=1S/C17H13BrN4O/c1-10-15(23)14-17(20-13-4-2-3-9-22(13)14)21-16(19-10)11-5-7-12(18)8-6-11/h2-10H,1H3,(H,19,21)/t10-/m1/s1. The Morgan fingerprint density at radius 2 is 1.96 bits per heavy atom. The Hall–Kier alpha value is -2.47. The number of nitrogens with one attached hydrogen (secondary N) is 1. The highest BCUT2D eigenvalue weighted by Crippen LogP contribution is 2.24. The zero-order valence-electron chi connectivity index (χ0n) is 12.3. The summed E-state index contributed by atoms with van der Waals surface area (Å²) in [6, 6.07) is 13.0. The van der Waals surface area contributed by atoms with Gasteiger partial charge in [0.25, 0.3) is 0 Å². The second-order valence-corrected chi connectivity index (χ2v) is 6.30. The summed E-state index contributed by atoms with van der Waals surface area (Å²) in [6.07, 6.45) is 1.85. The Morgan fingerprint density at radius 1 is 1.17 bits per heavy atom. The number of rotatable bonds is 1. The minimum absolute atomic E-state index is 0.0432. The summed E-state index contributed by atoms with van der Waals surface area (Å²) in [5, 5.41) is 3.23. The number of hydrogen-bond donors (Lipinski definition) is 1. The lowest BCUT2D eigenvalue weighted by Crippen LogP contribution is -2.17. The first-order chi connectivity index (χ1) is 11.1. The number of Topliss-reactive ketones (excluding diaryl/α,β-unsaturated/α-hetero) is 1. The van der Waals surface area contributed by atoms with Crippen LogP contribution in [0.4, 0.5) is 5.82 Å². The number of fused-ring (bicyclic) bond motifs is 3. The van der Waals surface area contributed by atoms with E-state index in [1.54, 1.807) is 11.3 Å². The molecule has 0 fully saturated rings. The highest BCUT2D eigenvalue weighted by Gasteiger charge is 2.28. The largest absolute Gasteiger partial charge is 0.323 e. The molecule has 5 nitrogen and oxygen atoms in total. The first kappa shape index (κ1) is 14.1. The number of hydrogen-bond acceptors (Lipinski definition) is 4. The molecule has 0 spiro atoms. The molecular formula is C17H13BrN4O. The van der Waals surface area contributed by atoms with E-state index in [-0.39, 0.29) is 5.78 Å². The van der Waals surface area contributed by atoms with Crippen LogP contribution in [-0.4, -0.2) is 27.0 Å². The number of carbonyl (C=O) groups excluding carboxylic acids is 1. The van der Waals surface area contributed by atoms with Gasteiger partial charge in [-0.1, -0.05) is 34.1 Å². The summed E-state index contributed by atoms with van der Waals surface area (Å²) < 4.78 is 2.80. The SMILES string of the molecule is C[C@H]1N=C(c2ccc(Br)cc2)Nc2nc3ccccn3c2C1=O. The van der Waals surface area contributed by atoms with Gasteiger partial charge in [0.05, 0.1) is 0 Å². The number of ketones is 1. The second kappa shape index (κ2) is 5.31. The molecule has 4 rings (SSSR count). The van der Waals surface area contributed by atoms with Crippen LogP contribution >= 0.6 is 15.9 Å². The van der Waals surface area contributed by atoms with Gasteiger partial charge >= 0.3 is 0 Å². The van der Waals surface area contributed by atoms with Crippen LogP contribution in [0.2, 0.25) is 0 Å². The van der Waals surface area contributed by atoms with Gasteiger partial charge in [-0.3, -0.25) is 14.2 Å². The number of pyridine rings is 1. The minimum atomic E-state index is -0.470. The van der Waals surface area contributed by atoms with Crippen molar-refractivity contribution in [3.8, 4) is 0 Å². The van der Waals surface area contributed by atoms with Crippen LogP contribution in [0.3, 0.4) is 0 Å². The van der Waals surface area contributed by atoms with E-state index in [4.69, 9.17) is 0 Å². The lowest BCUT2D eigenvalue weighted by molar-refractivity contribution is 0.0965. The van der Waals surface area contributed by atoms with Gasteiger partial charge in [0.15, 0.2) is 5.82 Å². The van der Waals surface area contributed by atoms with E-state index in [2.05, 4.69) is 31.2 Å². The lowest BCUT2D eigenvalue weighted by Gasteiger charge is -2.07. The predicted octanol–water partition coefficient (Wildman–Crippen LogP) is 3.54. The molecule has 0 saturated heterocycles. The van der Waals surface area contributed by atoms with Crippen LogP contribution < -0.4 is 5.32 Å². The number of amidine groups is 1. The Morgan fingerprint density at radius 3 is 2.74 bits per heavy atom.